The van der Waals surface area contributed by atoms with Gasteiger partial charge in [0, 0.05) is 18.6 Å². The van der Waals surface area contributed by atoms with Crippen molar-refractivity contribution in [2.45, 2.75) is 0 Å². The van der Waals surface area contributed by atoms with Gasteiger partial charge in [-0.3, -0.25) is 0 Å². The first-order chi connectivity index (χ1) is 0. The maximum atomic E-state index is 0. The van der Waals surface area contributed by atoms with Crippen molar-refractivity contribution >= 4 is 48.9 Å². The van der Waals surface area contributed by atoms with Crippen LogP contribution in [0, 0.1) is 0 Å². The van der Waals surface area contributed by atoms with Crippen molar-refractivity contribution in [1.82, 2.24) is 0 Å². The summed E-state index contributed by atoms with van der Waals surface area (Å²) in [4.78, 5) is 0. The maximum Gasteiger partial charge on any atom is 2.00 e. The Labute approximate surface area is 90.3 Å². The molecule has 0 N–H and O–H groups in total. The molecule has 0 saturated carbocycles. The van der Waals surface area contributed by atoms with Crippen LogP contribution in [0.4, 0.5) is 0 Å². The van der Waals surface area contributed by atoms with Crippen molar-refractivity contribution in [3.8, 4) is 0 Å². The van der Waals surface area contributed by atoms with Crippen LogP contribution in [0.5, 0.6) is 0 Å². The molecule has 1 radical (unpaired) electrons. The fraction of sp³-hybridized carbons (Fsp3) is 0. The Hall–Kier alpha value is 2.74. The van der Waals surface area contributed by atoms with E-state index in [2.05, 4.69) is 0 Å². The molecule has 0 rings (SSSR count). The van der Waals surface area contributed by atoms with Crippen molar-refractivity contribution in [1.29, 1.82) is 0 Å². The summed E-state index contributed by atoms with van der Waals surface area (Å²) in [6.07, 6.45) is 0. The van der Waals surface area contributed by atoms with Gasteiger partial charge in [-0.2, -0.15) is 0 Å². The van der Waals surface area contributed by atoms with E-state index in [0.717, 1.165) is 0 Å². The van der Waals surface area contributed by atoms with Crippen LogP contribution in [0.2, 0.25) is 0 Å². The van der Waals surface area contributed by atoms with Crippen LogP contribution in [0.3, 0.4) is 0 Å². The molecule has 0 spiro atoms. The van der Waals surface area contributed by atoms with Gasteiger partial charge in [-0.05, 0) is 0 Å². The average molecular weight is 270 g/mol. The van der Waals surface area contributed by atoms with Crippen LogP contribution in [-0.4, -0.2) is 48.9 Å². The van der Waals surface area contributed by atoms with Crippen molar-refractivity contribution in [3.63, 3.8) is 0 Å². The molecule has 0 amide bonds. The predicted molar refractivity (Wildman–Crippen MR) is 6.44 cm³/mol. The van der Waals surface area contributed by atoms with E-state index in [1.165, 1.54) is 0 Å². The third-order valence-corrected chi connectivity index (χ3v) is 0. The molecule has 0 aliphatic carbocycles. The molecule has 0 fully saturated rings. The Balaban J connectivity index is 0. The largest absolute Gasteiger partial charge is 2.00 e. The Bertz CT molecular complexity index is 8.00. The summed E-state index contributed by atoms with van der Waals surface area (Å²) in [7, 11) is 0. The van der Waals surface area contributed by atoms with Crippen LogP contribution in [-0.2, 0) is 43.5 Å². The van der Waals surface area contributed by atoms with Crippen LogP contribution < -0.4 is 0 Å². The number of hydrogen-bond acceptors (Lipinski definition) is 0. The van der Waals surface area contributed by atoms with E-state index in [-0.39, 0.29) is 92.4 Å². The Morgan fingerprint density at radius 2 is 1.00 bits per heavy atom. The normalized spacial score (nSPS) is 0. The van der Waals surface area contributed by atoms with E-state index in [0.29, 0.717) is 0 Å². The van der Waals surface area contributed by atoms with Crippen molar-refractivity contribution in [2.75, 3.05) is 0 Å². The topological polar surface area (TPSA) is 28.5 Å². The number of hydrogen-bond donors (Lipinski definition) is 0. The molecular formula is BaOVZn+2. The fourth-order valence-electron chi connectivity index (χ4n) is 0. The summed E-state index contributed by atoms with van der Waals surface area (Å²) in [6, 6.07) is 0. The molecule has 0 aromatic rings. The molecule has 0 unspecified atom stereocenters. The summed E-state index contributed by atoms with van der Waals surface area (Å²) in [5.41, 5.74) is 0. The minimum absolute atomic E-state index is 0. The van der Waals surface area contributed by atoms with Crippen molar-refractivity contribution < 1.29 is 43.5 Å². The molecule has 4 heavy (non-hydrogen) atoms. The van der Waals surface area contributed by atoms with Gasteiger partial charge in [-0.15, -0.1) is 0 Å². The Kier molecular flexibility index (Phi) is 127. The molecule has 4 heteroatoms. The van der Waals surface area contributed by atoms with Crippen LogP contribution in [0.15, 0.2) is 0 Å². The molecule has 0 heterocycles. The summed E-state index contributed by atoms with van der Waals surface area (Å²) in [5.74, 6) is 0. The van der Waals surface area contributed by atoms with Crippen LogP contribution >= 0.6 is 0 Å². The first-order valence-corrected chi connectivity index (χ1v) is 0. The third kappa shape index (κ3) is 8.83. The van der Waals surface area contributed by atoms with E-state index in [4.69, 9.17) is 0 Å². The second-order valence-corrected chi connectivity index (χ2v) is 0. The van der Waals surface area contributed by atoms with Gasteiger partial charge >= 0.3 is 68.4 Å². The minimum Gasteiger partial charge on any atom is -2.00 e. The van der Waals surface area contributed by atoms with Crippen molar-refractivity contribution in [3.05, 3.63) is 0 Å². The van der Waals surface area contributed by atoms with E-state index >= 15 is 0 Å². The van der Waals surface area contributed by atoms with Gasteiger partial charge in [-0.25, -0.2) is 0 Å². The van der Waals surface area contributed by atoms with E-state index in [1.807, 2.05) is 0 Å². The Morgan fingerprint density at radius 3 is 1.00 bits per heavy atom. The molecule has 13 valence electrons. The molecule has 0 bridgehead atoms. The van der Waals surface area contributed by atoms with Gasteiger partial charge in [0.25, 0.3) is 0 Å². The quantitative estimate of drug-likeness (QED) is 0.531. The SMILES string of the molecule is [Ba+2].[O-2].[V].[Zn+2]. The second-order valence-electron chi connectivity index (χ2n) is 0. The zero-order valence-corrected chi connectivity index (χ0v) is 11.1. The standard InChI is InChI=1S/Ba.O.V.Zn/q+2;-2;;+2. The Morgan fingerprint density at radius 1 is 1.00 bits per heavy atom. The van der Waals surface area contributed by atoms with Crippen LogP contribution in [0.25, 0.3) is 0 Å². The molecule has 1 nitrogen and oxygen atoms in total. The van der Waals surface area contributed by atoms with Gasteiger partial charge in [-0.1, -0.05) is 0 Å². The zero-order chi connectivity index (χ0) is 0. The molecule has 0 aromatic heterocycles. The molecule has 0 aliphatic heterocycles. The molecule has 0 saturated heterocycles. The molecular weight excluding hydrogens is 270 g/mol. The summed E-state index contributed by atoms with van der Waals surface area (Å²) in [5, 5.41) is 0. The van der Waals surface area contributed by atoms with E-state index in [9.17, 15) is 0 Å². The summed E-state index contributed by atoms with van der Waals surface area (Å²) < 4.78 is 0. The van der Waals surface area contributed by atoms with Gasteiger partial charge in [0.2, 0.25) is 0 Å². The molecule has 0 atom stereocenters. The van der Waals surface area contributed by atoms with Crippen molar-refractivity contribution in [2.24, 2.45) is 0 Å². The minimum atomic E-state index is 0. The smallest absolute Gasteiger partial charge is 2.00 e. The first kappa shape index (κ1) is 29.6. The average Bonchev–Trinajstić information content (AvgIpc) is 0. The number of rotatable bonds is 0. The van der Waals surface area contributed by atoms with Gasteiger partial charge in [0.15, 0.2) is 0 Å². The predicted octanol–water partition coefficient (Wildman–Crippen LogP) is -0.505. The molecule has 0 aliphatic rings. The maximum absolute atomic E-state index is 0. The summed E-state index contributed by atoms with van der Waals surface area (Å²) in [6.45, 7) is 0. The fourth-order valence-corrected chi connectivity index (χ4v) is 0. The van der Waals surface area contributed by atoms with E-state index < -0.39 is 0 Å². The van der Waals surface area contributed by atoms with Crippen LogP contribution in [0.1, 0.15) is 0 Å². The monoisotopic (exact) mass is 269 g/mol. The zero-order valence-electron chi connectivity index (χ0n) is 2.27. The second kappa shape index (κ2) is 17.2. The first-order valence-electron chi connectivity index (χ1n) is 0. The third-order valence-electron chi connectivity index (χ3n) is 0. The molecule has 0 aromatic carbocycles. The van der Waals surface area contributed by atoms with Gasteiger partial charge < -0.3 is 5.48 Å². The van der Waals surface area contributed by atoms with E-state index in [1.54, 1.807) is 0 Å². The summed E-state index contributed by atoms with van der Waals surface area (Å²) >= 11 is 0. The van der Waals surface area contributed by atoms with Gasteiger partial charge in [0.05, 0.1) is 0 Å². The van der Waals surface area contributed by atoms with Gasteiger partial charge in [0.1, 0.15) is 0 Å².